The van der Waals surface area contributed by atoms with Gasteiger partial charge in [0.2, 0.25) is 5.82 Å². The lowest BCUT2D eigenvalue weighted by Gasteiger charge is -2.00. The molecule has 0 saturated heterocycles. The summed E-state index contributed by atoms with van der Waals surface area (Å²) in [4.78, 5) is 8.45. The lowest BCUT2D eigenvalue weighted by molar-refractivity contribution is 0.432. The van der Waals surface area contributed by atoms with Crippen LogP contribution < -0.4 is 0 Å². The van der Waals surface area contributed by atoms with E-state index in [9.17, 15) is 0 Å². The van der Waals surface area contributed by atoms with Crippen molar-refractivity contribution in [2.75, 3.05) is 0 Å². The first-order valence-electron chi connectivity index (χ1n) is 6.06. The van der Waals surface area contributed by atoms with Gasteiger partial charge in [0.1, 0.15) is 0 Å². The zero-order chi connectivity index (χ0) is 13.2. The molecule has 1 aromatic carbocycles. The summed E-state index contributed by atoms with van der Waals surface area (Å²) in [5.41, 5.74) is 4.24. The first-order valence-corrected chi connectivity index (χ1v) is 6.06. The van der Waals surface area contributed by atoms with Gasteiger partial charge in [0.05, 0.1) is 0 Å². The van der Waals surface area contributed by atoms with Crippen molar-refractivity contribution >= 4 is 0 Å². The summed E-state index contributed by atoms with van der Waals surface area (Å²) >= 11 is 0. The van der Waals surface area contributed by atoms with Gasteiger partial charge < -0.3 is 4.52 Å². The van der Waals surface area contributed by atoms with Crippen LogP contribution in [-0.4, -0.2) is 15.1 Å². The molecular formula is C15H13N3O. The van der Waals surface area contributed by atoms with Crippen LogP contribution in [0.15, 0.2) is 47.2 Å². The van der Waals surface area contributed by atoms with Crippen LogP contribution >= 0.6 is 0 Å². The van der Waals surface area contributed by atoms with E-state index in [0.29, 0.717) is 11.7 Å². The summed E-state index contributed by atoms with van der Waals surface area (Å²) in [6.45, 7) is 4.14. The van der Waals surface area contributed by atoms with Gasteiger partial charge in [-0.3, -0.25) is 4.98 Å². The van der Waals surface area contributed by atoms with Crippen molar-refractivity contribution in [2.24, 2.45) is 0 Å². The van der Waals surface area contributed by atoms with E-state index in [1.165, 1.54) is 11.1 Å². The molecule has 4 heteroatoms. The van der Waals surface area contributed by atoms with E-state index >= 15 is 0 Å². The Kier molecular flexibility index (Phi) is 2.83. The van der Waals surface area contributed by atoms with Gasteiger partial charge in [-0.25, -0.2) is 0 Å². The molecule has 2 heterocycles. The minimum Gasteiger partial charge on any atom is -0.334 e. The molecule has 3 rings (SSSR count). The quantitative estimate of drug-likeness (QED) is 0.700. The van der Waals surface area contributed by atoms with E-state index in [1.54, 1.807) is 12.4 Å². The number of rotatable bonds is 2. The van der Waals surface area contributed by atoms with Gasteiger partial charge >= 0.3 is 0 Å². The Labute approximate surface area is 111 Å². The standard InChI is InChI=1S/C15H13N3O/c1-10-5-6-12(8-11(10)2)15-17-14(18-19-15)13-4-3-7-16-9-13/h3-9H,1-2H3. The van der Waals surface area contributed by atoms with Gasteiger partial charge in [-0.1, -0.05) is 11.2 Å². The van der Waals surface area contributed by atoms with Crippen LogP contribution in [0.25, 0.3) is 22.8 Å². The molecule has 2 aromatic heterocycles. The summed E-state index contributed by atoms with van der Waals surface area (Å²) < 4.78 is 5.31. The predicted octanol–water partition coefficient (Wildman–Crippen LogP) is 3.42. The fourth-order valence-electron chi connectivity index (χ4n) is 1.83. The Bertz CT molecular complexity index is 704. The molecular weight excluding hydrogens is 238 g/mol. The van der Waals surface area contributed by atoms with Gasteiger partial charge in [-0.2, -0.15) is 4.98 Å². The second kappa shape index (κ2) is 4.65. The molecule has 0 unspecified atom stereocenters. The van der Waals surface area contributed by atoms with Gasteiger partial charge in [-0.05, 0) is 49.2 Å². The van der Waals surface area contributed by atoms with Gasteiger partial charge in [-0.15, -0.1) is 0 Å². The average Bonchev–Trinajstić information content (AvgIpc) is 2.93. The molecule has 0 bridgehead atoms. The van der Waals surface area contributed by atoms with Crippen LogP contribution in [0.1, 0.15) is 11.1 Å². The van der Waals surface area contributed by atoms with Crippen LogP contribution in [0.5, 0.6) is 0 Å². The maximum atomic E-state index is 5.31. The smallest absolute Gasteiger partial charge is 0.258 e. The minimum absolute atomic E-state index is 0.530. The number of benzene rings is 1. The largest absolute Gasteiger partial charge is 0.334 e. The van der Waals surface area contributed by atoms with E-state index in [-0.39, 0.29) is 0 Å². The third-order valence-electron chi connectivity index (χ3n) is 3.10. The van der Waals surface area contributed by atoms with Crippen molar-refractivity contribution < 1.29 is 4.52 Å². The summed E-state index contributed by atoms with van der Waals surface area (Å²) in [6.07, 6.45) is 3.43. The Balaban J connectivity index is 1.99. The fourth-order valence-corrected chi connectivity index (χ4v) is 1.83. The molecule has 0 radical (unpaired) electrons. The van der Waals surface area contributed by atoms with Gasteiger partial charge in [0, 0.05) is 23.5 Å². The van der Waals surface area contributed by atoms with Crippen molar-refractivity contribution in [3.05, 3.63) is 53.9 Å². The van der Waals surface area contributed by atoms with E-state index in [4.69, 9.17) is 4.52 Å². The zero-order valence-electron chi connectivity index (χ0n) is 10.8. The number of pyridine rings is 1. The van der Waals surface area contributed by atoms with Crippen molar-refractivity contribution in [3.8, 4) is 22.8 Å². The fraction of sp³-hybridized carbons (Fsp3) is 0.133. The summed E-state index contributed by atoms with van der Waals surface area (Å²) in [7, 11) is 0. The number of aryl methyl sites for hydroxylation is 2. The van der Waals surface area contributed by atoms with Crippen molar-refractivity contribution in [1.29, 1.82) is 0 Å². The lowest BCUT2D eigenvalue weighted by atomic mass is 10.1. The molecule has 0 N–H and O–H groups in total. The van der Waals surface area contributed by atoms with Crippen molar-refractivity contribution in [1.82, 2.24) is 15.1 Å². The molecule has 0 aliphatic heterocycles. The number of hydrogen-bond donors (Lipinski definition) is 0. The van der Waals surface area contributed by atoms with E-state index in [2.05, 4.69) is 41.1 Å². The maximum absolute atomic E-state index is 5.31. The molecule has 4 nitrogen and oxygen atoms in total. The minimum atomic E-state index is 0.530. The van der Waals surface area contributed by atoms with E-state index < -0.39 is 0 Å². The summed E-state index contributed by atoms with van der Waals surface area (Å²) in [5.74, 6) is 1.09. The van der Waals surface area contributed by atoms with Gasteiger partial charge in [0.15, 0.2) is 0 Å². The van der Waals surface area contributed by atoms with Gasteiger partial charge in [0.25, 0.3) is 5.89 Å². The SMILES string of the molecule is Cc1ccc(-c2nc(-c3cccnc3)no2)cc1C. The highest BCUT2D eigenvalue weighted by Crippen LogP contribution is 2.23. The number of aromatic nitrogens is 3. The Morgan fingerprint density at radius 3 is 2.63 bits per heavy atom. The summed E-state index contributed by atoms with van der Waals surface area (Å²) in [5, 5.41) is 3.99. The van der Waals surface area contributed by atoms with Crippen molar-refractivity contribution in [3.63, 3.8) is 0 Å². The second-order valence-corrected chi connectivity index (χ2v) is 4.46. The van der Waals surface area contributed by atoms with Crippen LogP contribution in [0.2, 0.25) is 0 Å². The second-order valence-electron chi connectivity index (χ2n) is 4.46. The highest BCUT2D eigenvalue weighted by Gasteiger charge is 2.10. The van der Waals surface area contributed by atoms with Crippen LogP contribution in [0.3, 0.4) is 0 Å². The molecule has 0 atom stereocenters. The average molecular weight is 251 g/mol. The molecule has 94 valence electrons. The third kappa shape index (κ3) is 2.25. The molecule has 0 aliphatic carbocycles. The van der Waals surface area contributed by atoms with Crippen LogP contribution in [0.4, 0.5) is 0 Å². The Morgan fingerprint density at radius 1 is 1.00 bits per heavy atom. The topological polar surface area (TPSA) is 51.8 Å². The molecule has 0 saturated carbocycles. The highest BCUT2D eigenvalue weighted by molar-refractivity contribution is 5.60. The monoisotopic (exact) mass is 251 g/mol. The molecule has 0 aliphatic rings. The molecule has 19 heavy (non-hydrogen) atoms. The summed E-state index contributed by atoms with van der Waals surface area (Å²) in [6, 6.07) is 9.85. The maximum Gasteiger partial charge on any atom is 0.258 e. The number of hydrogen-bond acceptors (Lipinski definition) is 4. The van der Waals surface area contributed by atoms with Crippen LogP contribution in [-0.2, 0) is 0 Å². The van der Waals surface area contributed by atoms with E-state index in [1.807, 2.05) is 18.2 Å². The highest BCUT2D eigenvalue weighted by atomic mass is 16.5. The first kappa shape index (κ1) is 11.6. The lowest BCUT2D eigenvalue weighted by Crippen LogP contribution is -1.84. The Hall–Kier alpha value is -2.49. The zero-order valence-corrected chi connectivity index (χ0v) is 10.8. The van der Waals surface area contributed by atoms with Crippen molar-refractivity contribution in [2.45, 2.75) is 13.8 Å². The molecule has 3 aromatic rings. The third-order valence-corrected chi connectivity index (χ3v) is 3.10. The molecule has 0 spiro atoms. The Morgan fingerprint density at radius 2 is 1.89 bits per heavy atom. The first-order chi connectivity index (χ1) is 9.24. The molecule has 0 amide bonds. The van der Waals surface area contributed by atoms with Crippen LogP contribution in [0, 0.1) is 13.8 Å². The van der Waals surface area contributed by atoms with E-state index in [0.717, 1.165) is 11.1 Å². The normalized spacial score (nSPS) is 10.6. The molecule has 0 fully saturated rings. The number of nitrogens with zero attached hydrogens (tertiary/aromatic N) is 3. The predicted molar refractivity (Wildman–Crippen MR) is 72.4 cm³/mol.